The van der Waals surface area contributed by atoms with Crippen LogP contribution < -0.4 is 5.32 Å². The number of hydrogen-bond donors (Lipinski definition) is 2. The first-order valence-corrected chi connectivity index (χ1v) is 5.80. The molecule has 1 aromatic carbocycles. The highest BCUT2D eigenvalue weighted by molar-refractivity contribution is 6.30. The Morgan fingerprint density at radius 3 is 2.59 bits per heavy atom. The second kappa shape index (κ2) is 6.59. The van der Waals surface area contributed by atoms with Crippen LogP contribution >= 0.6 is 11.6 Å². The average Bonchev–Trinajstić information content (AvgIpc) is 2.31. The fourth-order valence-corrected chi connectivity index (χ4v) is 1.46. The maximum atomic E-state index is 11.8. The Morgan fingerprint density at radius 2 is 2.06 bits per heavy atom. The van der Waals surface area contributed by atoms with Crippen molar-refractivity contribution in [3.05, 3.63) is 29.3 Å². The molecular formula is C12H17ClN2O2. The second-order valence-corrected chi connectivity index (χ2v) is 4.31. The zero-order valence-electron chi connectivity index (χ0n) is 9.98. The molecule has 1 aromatic rings. The van der Waals surface area contributed by atoms with Crippen LogP contribution in [0.5, 0.6) is 0 Å². The topological polar surface area (TPSA) is 52.6 Å². The zero-order chi connectivity index (χ0) is 12.8. The molecule has 0 radical (unpaired) electrons. The normalized spacial score (nSPS) is 12.5. The van der Waals surface area contributed by atoms with Gasteiger partial charge in [0.25, 0.3) is 0 Å². The van der Waals surface area contributed by atoms with E-state index in [4.69, 9.17) is 16.7 Å². The molecule has 0 fully saturated rings. The molecule has 5 heteroatoms. The summed E-state index contributed by atoms with van der Waals surface area (Å²) < 4.78 is 0. The van der Waals surface area contributed by atoms with Crippen LogP contribution in [-0.2, 0) is 4.79 Å². The summed E-state index contributed by atoms with van der Waals surface area (Å²) in [6.45, 7) is 2.30. The molecule has 0 heterocycles. The Balaban J connectivity index is 2.56. The van der Waals surface area contributed by atoms with E-state index in [2.05, 4.69) is 5.32 Å². The summed E-state index contributed by atoms with van der Waals surface area (Å²) in [7, 11) is 1.79. The van der Waals surface area contributed by atoms with Gasteiger partial charge in [-0.25, -0.2) is 0 Å². The standard InChI is InChI=1S/C12H17ClN2O2/c1-9(15(2)7-8-16)12(17)14-11-5-3-10(13)4-6-11/h3-6,9,16H,7-8H2,1-2H3,(H,14,17). The molecule has 1 rings (SSSR count). The number of halogens is 1. The molecule has 0 saturated carbocycles. The number of likely N-dealkylation sites (N-methyl/N-ethyl adjacent to an activating group) is 1. The molecule has 1 unspecified atom stereocenters. The number of hydrogen-bond acceptors (Lipinski definition) is 3. The number of carbonyl (C=O) groups excluding carboxylic acids is 1. The fourth-order valence-electron chi connectivity index (χ4n) is 1.33. The van der Waals surface area contributed by atoms with Crippen LogP contribution in [0, 0.1) is 0 Å². The third kappa shape index (κ3) is 4.34. The molecule has 0 aromatic heterocycles. The lowest BCUT2D eigenvalue weighted by Crippen LogP contribution is -2.40. The highest BCUT2D eigenvalue weighted by Crippen LogP contribution is 2.13. The van der Waals surface area contributed by atoms with Gasteiger partial charge in [-0.2, -0.15) is 0 Å². The number of amides is 1. The molecule has 0 saturated heterocycles. The van der Waals surface area contributed by atoms with Gasteiger partial charge in [-0.15, -0.1) is 0 Å². The van der Waals surface area contributed by atoms with Crippen LogP contribution in [-0.4, -0.2) is 42.2 Å². The van der Waals surface area contributed by atoms with Gasteiger partial charge >= 0.3 is 0 Å². The first kappa shape index (κ1) is 14.0. The van der Waals surface area contributed by atoms with E-state index in [0.29, 0.717) is 17.3 Å². The maximum Gasteiger partial charge on any atom is 0.241 e. The van der Waals surface area contributed by atoms with Gasteiger partial charge in [0, 0.05) is 17.3 Å². The third-order valence-electron chi connectivity index (χ3n) is 2.61. The van der Waals surface area contributed by atoms with Crippen molar-refractivity contribution >= 4 is 23.2 Å². The number of rotatable bonds is 5. The smallest absolute Gasteiger partial charge is 0.241 e. The van der Waals surface area contributed by atoms with Gasteiger partial charge in [-0.05, 0) is 38.2 Å². The maximum absolute atomic E-state index is 11.8. The Morgan fingerprint density at radius 1 is 1.47 bits per heavy atom. The number of aliphatic hydroxyl groups is 1. The van der Waals surface area contributed by atoms with Crippen molar-refractivity contribution in [2.45, 2.75) is 13.0 Å². The van der Waals surface area contributed by atoms with Gasteiger partial charge in [0.1, 0.15) is 0 Å². The van der Waals surface area contributed by atoms with Crippen LogP contribution in [0.3, 0.4) is 0 Å². The van der Waals surface area contributed by atoms with Gasteiger partial charge in [-0.3, -0.25) is 9.69 Å². The van der Waals surface area contributed by atoms with Crippen molar-refractivity contribution in [1.82, 2.24) is 4.90 Å². The zero-order valence-corrected chi connectivity index (χ0v) is 10.7. The van der Waals surface area contributed by atoms with Gasteiger partial charge in [0.05, 0.1) is 12.6 Å². The second-order valence-electron chi connectivity index (χ2n) is 3.88. The Hall–Kier alpha value is -1.10. The molecule has 4 nitrogen and oxygen atoms in total. The van der Waals surface area contributed by atoms with Crippen molar-refractivity contribution in [2.24, 2.45) is 0 Å². The molecule has 1 atom stereocenters. The van der Waals surface area contributed by atoms with Crippen molar-refractivity contribution in [1.29, 1.82) is 0 Å². The summed E-state index contributed by atoms with van der Waals surface area (Å²) >= 11 is 5.75. The van der Waals surface area contributed by atoms with E-state index in [1.807, 2.05) is 0 Å². The number of aliphatic hydroxyl groups excluding tert-OH is 1. The first-order valence-electron chi connectivity index (χ1n) is 5.42. The van der Waals surface area contributed by atoms with E-state index in [9.17, 15) is 4.79 Å². The quantitative estimate of drug-likeness (QED) is 0.841. The molecule has 0 aliphatic heterocycles. The molecule has 0 aliphatic carbocycles. The summed E-state index contributed by atoms with van der Waals surface area (Å²) in [4.78, 5) is 13.6. The minimum absolute atomic E-state index is 0.0368. The van der Waals surface area contributed by atoms with Crippen LogP contribution in [0.25, 0.3) is 0 Å². The predicted molar refractivity (Wildman–Crippen MR) is 69.3 cm³/mol. The number of anilines is 1. The van der Waals surface area contributed by atoms with E-state index >= 15 is 0 Å². The minimum Gasteiger partial charge on any atom is -0.395 e. The SMILES string of the molecule is CC(C(=O)Nc1ccc(Cl)cc1)N(C)CCO. The van der Waals surface area contributed by atoms with Gasteiger partial charge in [-0.1, -0.05) is 11.6 Å². The molecule has 17 heavy (non-hydrogen) atoms. The number of nitrogens with zero attached hydrogens (tertiary/aromatic N) is 1. The number of benzene rings is 1. The third-order valence-corrected chi connectivity index (χ3v) is 2.86. The van der Waals surface area contributed by atoms with E-state index < -0.39 is 0 Å². The number of carbonyl (C=O) groups is 1. The fraction of sp³-hybridized carbons (Fsp3) is 0.417. The molecule has 94 valence electrons. The Bertz CT molecular complexity index is 367. The van der Waals surface area contributed by atoms with Crippen molar-refractivity contribution in [2.75, 3.05) is 25.5 Å². The van der Waals surface area contributed by atoms with E-state index in [1.54, 1.807) is 43.1 Å². The van der Waals surface area contributed by atoms with Gasteiger partial charge < -0.3 is 10.4 Å². The van der Waals surface area contributed by atoms with Crippen molar-refractivity contribution < 1.29 is 9.90 Å². The van der Waals surface area contributed by atoms with Crippen LogP contribution in [0.2, 0.25) is 5.02 Å². The van der Waals surface area contributed by atoms with Crippen molar-refractivity contribution in [3.8, 4) is 0 Å². The van der Waals surface area contributed by atoms with Crippen LogP contribution in [0.15, 0.2) is 24.3 Å². The highest BCUT2D eigenvalue weighted by Gasteiger charge is 2.17. The highest BCUT2D eigenvalue weighted by atomic mass is 35.5. The Labute approximate surface area is 106 Å². The molecule has 1 amide bonds. The van der Waals surface area contributed by atoms with Crippen LogP contribution in [0.1, 0.15) is 6.92 Å². The summed E-state index contributed by atoms with van der Waals surface area (Å²) in [5.41, 5.74) is 0.712. The molecular weight excluding hydrogens is 240 g/mol. The lowest BCUT2D eigenvalue weighted by molar-refractivity contribution is -0.120. The van der Waals surface area contributed by atoms with Crippen molar-refractivity contribution in [3.63, 3.8) is 0 Å². The van der Waals surface area contributed by atoms with E-state index in [-0.39, 0.29) is 18.6 Å². The lowest BCUT2D eigenvalue weighted by Gasteiger charge is -2.22. The molecule has 0 aliphatic rings. The summed E-state index contributed by atoms with van der Waals surface area (Å²) in [5.74, 6) is -0.108. The number of nitrogens with one attached hydrogen (secondary N) is 1. The Kier molecular flexibility index (Phi) is 5.41. The predicted octanol–water partition coefficient (Wildman–Crippen LogP) is 1.59. The molecule has 0 spiro atoms. The van der Waals surface area contributed by atoms with E-state index in [1.165, 1.54) is 0 Å². The largest absolute Gasteiger partial charge is 0.395 e. The summed E-state index contributed by atoms with van der Waals surface area (Å²) in [6.07, 6.45) is 0. The lowest BCUT2D eigenvalue weighted by atomic mass is 10.2. The van der Waals surface area contributed by atoms with Crippen LogP contribution in [0.4, 0.5) is 5.69 Å². The molecule has 2 N–H and O–H groups in total. The van der Waals surface area contributed by atoms with Gasteiger partial charge in [0.2, 0.25) is 5.91 Å². The summed E-state index contributed by atoms with van der Waals surface area (Å²) in [6, 6.07) is 6.65. The first-order chi connectivity index (χ1) is 8.04. The summed E-state index contributed by atoms with van der Waals surface area (Å²) in [5, 5.41) is 12.2. The monoisotopic (exact) mass is 256 g/mol. The average molecular weight is 257 g/mol. The minimum atomic E-state index is -0.294. The molecule has 0 bridgehead atoms. The van der Waals surface area contributed by atoms with Gasteiger partial charge in [0.15, 0.2) is 0 Å². The van der Waals surface area contributed by atoms with E-state index in [0.717, 1.165) is 0 Å².